The average Bonchev–Trinajstić information content (AvgIpc) is 3.16. The van der Waals surface area contributed by atoms with Gasteiger partial charge in [0.2, 0.25) is 5.82 Å². The molecule has 1 heterocycles. The molecule has 12 heteroatoms. The Balaban J connectivity index is 1.83. The first-order valence-corrected chi connectivity index (χ1v) is 11.1. The number of rotatable bonds is 8. The molecule has 160 valence electrons. The molecule has 0 saturated heterocycles. The molecule has 0 spiro atoms. The van der Waals surface area contributed by atoms with E-state index >= 15 is 0 Å². The average molecular weight is 480 g/mol. The lowest BCUT2D eigenvalue weighted by molar-refractivity contribution is 0.0551. The van der Waals surface area contributed by atoms with Gasteiger partial charge in [-0.1, -0.05) is 28.9 Å². The van der Waals surface area contributed by atoms with Gasteiger partial charge in [-0.15, -0.1) is 0 Å². The number of hydrogen-bond donors (Lipinski definition) is 1. The van der Waals surface area contributed by atoms with Gasteiger partial charge in [0.05, 0.1) is 12.8 Å². The number of anilines is 1. The zero-order valence-electron chi connectivity index (χ0n) is 15.4. The second kappa shape index (κ2) is 8.98. The second-order valence-corrected chi connectivity index (χ2v) is 9.15. The predicted octanol–water partition coefficient (Wildman–Crippen LogP) is 6.66. The van der Waals surface area contributed by atoms with Crippen molar-refractivity contribution >= 4 is 36.4 Å². The molecule has 3 aromatic rings. The minimum absolute atomic E-state index is 0.0865. The normalized spacial score (nSPS) is 13.8. The van der Waals surface area contributed by atoms with Crippen molar-refractivity contribution in [2.45, 2.75) is 18.5 Å². The van der Waals surface area contributed by atoms with Crippen molar-refractivity contribution in [1.29, 1.82) is 0 Å². The Morgan fingerprint density at radius 2 is 1.93 bits per heavy atom. The van der Waals surface area contributed by atoms with Crippen molar-refractivity contribution in [3.8, 4) is 11.4 Å². The Kier molecular flexibility index (Phi) is 6.77. The van der Waals surface area contributed by atoms with Crippen LogP contribution >= 0.6 is 30.7 Å². The van der Waals surface area contributed by atoms with Gasteiger partial charge in [-0.2, -0.15) is 13.8 Å². The van der Waals surface area contributed by atoms with Gasteiger partial charge >= 0.3 is 11.3 Å². The van der Waals surface area contributed by atoms with E-state index in [0.717, 1.165) is 6.07 Å². The van der Waals surface area contributed by atoms with Crippen molar-refractivity contribution in [2.24, 2.45) is 0 Å². The maximum Gasteiger partial charge on any atom is 0.400 e. The minimum Gasteiger partial charge on any atom is -0.331 e. The van der Waals surface area contributed by atoms with E-state index in [1.807, 2.05) is 0 Å². The van der Waals surface area contributed by atoms with Gasteiger partial charge in [0.15, 0.2) is 0 Å². The molecular weight excluding hydrogens is 465 g/mol. The molecule has 0 aliphatic heterocycles. The van der Waals surface area contributed by atoms with Crippen LogP contribution in [0.1, 0.15) is 18.4 Å². The first kappa shape index (κ1) is 22.6. The van der Waals surface area contributed by atoms with E-state index in [-0.39, 0.29) is 29.7 Å². The third-order valence-corrected chi connectivity index (χ3v) is 6.28. The van der Waals surface area contributed by atoms with E-state index in [1.165, 1.54) is 12.1 Å². The molecule has 0 aliphatic carbocycles. The van der Waals surface area contributed by atoms with Crippen LogP contribution in [0, 0.1) is 5.82 Å². The van der Waals surface area contributed by atoms with E-state index in [1.54, 1.807) is 31.2 Å². The molecule has 0 aliphatic rings. The molecule has 0 fully saturated rings. The Morgan fingerprint density at radius 1 is 1.23 bits per heavy atom. The molecule has 0 amide bonds. The molecule has 6 nitrogen and oxygen atoms in total. The van der Waals surface area contributed by atoms with Crippen LogP contribution in [0.3, 0.4) is 0 Å². The zero-order chi connectivity index (χ0) is 21.9. The van der Waals surface area contributed by atoms with Crippen molar-refractivity contribution in [2.75, 3.05) is 11.7 Å². The lowest BCUT2D eigenvalue weighted by Crippen LogP contribution is -2.05. The number of benzene rings is 2. The van der Waals surface area contributed by atoms with Crippen LogP contribution in [0.25, 0.3) is 11.4 Å². The summed E-state index contributed by atoms with van der Waals surface area (Å²) in [6, 6.07) is 10.2. The molecule has 0 saturated carbocycles. The number of aromatic nitrogens is 2. The molecule has 1 unspecified atom stereocenters. The molecule has 0 bridgehead atoms. The van der Waals surface area contributed by atoms with Gasteiger partial charge in [0.25, 0.3) is 7.52 Å². The van der Waals surface area contributed by atoms with E-state index in [2.05, 4.69) is 19.8 Å². The van der Waals surface area contributed by atoms with Crippen molar-refractivity contribution in [3.05, 3.63) is 64.8 Å². The van der Waals surface area contributed by atoms with Gasteiger partial charge in [0, 0.05) is 16.3 Å². The smallest absolute Gasteiger partial charge is 0.331 e. The first-order chi connectivity index (χ1) is 14.1. The van der Waals surface area contributed by atoms with Crippen molar-refractivity contribution in [3.63, 3.8) is 0 Å². The highest BCUT2D eigenvalue weighted by Crippen LogP contribution is 2.50. The number of nitrogens with one attached hydrogen (secondary N) is 1. The van der Waals surface area contributed by atoms with Gasteiger partial charge in [0.1, 0.15) is 5.82 Å². The molecule has 1 N–H and O–H groups in total. The Bertz CT molecular complexity index is 1070. The summed E-state index contributed by atoms with van der Waals surface area (Å²) >= 11 is 10.7. The topological polar surface area (TPSA) is 77.2 Å². The van der Waals surface area contributed by atoms with E-state index < -0.39 is 24.6 Å². The highest BCUT2D eigenvalue weighted by molar-refractivity contribution is 7.59. The van der Waals surface area contributed by atoms with Gasteiger partial charge in [-0.25, -0.2) is 4.39 Å². The number of nitrogens with zero attached hydrogens (tertiary/aromatic N) is 2. The predicted molar refractivity (Wildman–Crippen MR) is 107 cm³/mol. The van der Waals surface area contributed by atoms with E-state index in [4.69, 9.17) is 27.7 Å². The van der Waals surface area contributed by atoms with Crippen molar-refractivity contribution in [1.82, 2.24) is 10.1 Å². The molecule has 1 atom stereocenters. The summed E-state index contributed by atoms with van der Waals surface area (Å²) in [5, 5.41) is 2.84. The fourth-order valence-electron chi connectivity index (χ4n) is 2.54. The lowest BCUT2D eigenvalue weighted by Gasteiger charge is -2.20. The van der Waals surface area contributed by atoms with Crippen LogP contribution in [-0.2, 0) is 20.6 Å². The summed E-state index contributed by atoms with van der Waals surface area (Å²) in [5.74, 6) is -2.10. The van der Waals surface area contributed by atoms with Crippen LogP contribution < -0.4 is 5.09 Å². The Morgan fingerprint density at radius 3 is 2.50 bits per heavy atom. The quantitative estimate of drug-likeness (QED) is 0.287. The minimum atomic E-state index is -3.83. The van der Waals surface area contributed by atoms with Crippen LogP contribution in [0.2, 0.25) is 5.02 Å². The van der Waals surface area contributed by atoms with Crippen LogP contribution in [-0.4, -0.2) is 16.7 Å². The van der Waals surface area contributed by atoms with Crippen LogP contribution in [0.4, 0.5) is 18.9 Å². The molecule has 0 radical (unpaired) electrons. The van der Waals surface area contributed by atoms with Crippen molar-refractivity contribution < 1.29 is 26.8 Å². The Labute approximate surface area is 179 Å². The lowest BCUT2D eigenvalue weighted by atomic mass is 10.1. The summed E-state index contributed by atoms with van der Waals surface area (Å²) in [6.07, 6.45) is -0.257. The fourth-order valence-corrected chi connectivity index (χ4v) is 4.64. The number of halogens is 5. The van der Waals surface area contributed by atoms with Gasteiger partial charge in [-0.05, 0) is 54.4 Å². The van der Waals surface area contributed by atoms with Gasteiger partial charge in [-0.3, -0.25) is 4.57 Å². The fraction of sp³-hybridized carbons (Fsp3) is 0.222. The summed E-state index contributed by atoms with van der Waals surface area (Å²) in [6.45, 7) is 1.80. The third kappa shape index (κ3) is 5.55. The van der Waals surface area contributed by atoms with Crippen LogP contribution in [0.15, 0.2) is 47.0 Å². The summed E-state index contributed by atoms with van der Waals surface area (Å²) in [4.78, 5) is 3.46. The zero-order valence-corrected chi connectivity index (χ0v) is 17.8. The summed E-state index contributed by atoms with van der Waals surface area (Å²) in [7, 11) is -3.51. The highest BCUT2D eigenvalue weighted by atomic mass is 35.5. The maximum atomic E-state index is 14.7. The van der Waals surface area contributed by atoms with E-state index in [0.29, 0.717) is 10.7 Å². The largest absolute Gasteiger partial charge is 0.400 e. The molecule has 30 heavy (non-hydrogen) atoms. The van der Waals surface area contributed by atoms with Crippen LogP contribution in [0.5, 0.6) is 0 Å². The monoisotopic (exact) mass is 479 g/mol. The summed E-state index contributed by atoms with van der Waals surface area (Å²) in [5.41, 5.74) is 0.669. The first-order valence-electron chi connectivity index (χ1n) is 8.57. The molecule has 1 aromatic heterocycles. The molecular formula is C18H15Cl2F3N3O3P. The number of hydrogen-bond acceptors (Lipinski definition) is 5. The van der Waals surface area contributed by atoms with Gasteiger partial charge < -0.3 is 14.1 Å². The molecule has 3 rings (SSSR count). The Hall–Kier alpha value is -2.06. The molecule has 2 aromatic carbocycles. The standard InChI is InChI=1S/C18H15Cl2F3N3O3P/c1-2-28-30(27,26-14-7-5-13(19)6-8-14)10-12-4-3-11(9-15(12)21)16-24-17(29-25-16)18(20,22)23/h3-9H,2,10H2,1H3,(H,26,27). The second-order valence-electron chi connectivity index (χ2n) is 6.10. The summed E-state index contributed by atoms with van der Waals surface area (Å²) < 4.78 is 63.7. The highest BCUT2D eigenvalue weighted by Gasteiger charge is 2.36. The SMILES string of the molecule is CCOP(=O)(Cc1ccc(-c2noc(C(F)(F)Cl)n2)cc1F)Nc1ccc(Cl)cc1. The number of alkyl halides is 3. The van der Waals surface area contributed by atoms with E-state index in [9.17, 15) is 17.7 Å². The third-order valence-electron chi connectivity index (χ3n) is 3.84. The maximum absolute atomic E-state index is 14.7.